The summed E-state index contributed by atoms with van der Waals surface area (Å²) in [4.78, 5) is 22.3. The van der Waals surface area contributed by atoms with Crippen LogP contribution in [0.2, 0.25) is 5.02 Å². The zero-order chi connectivity index (χ0) is 21.8. The molecule has 3 aromatic rings. The standard InChI is InChI=1S/C23H23ClN4O2S.ClH/c1-16-3-8-19(24)21-20(16)26-23(31-21)28(10-2-9-27-11-13-30-14-12-27)22(29)18-6-4-17(15-25)5-7-18;/h3-8H,2,9-14H2,1H3;1H. The summed E-state index contributed by atoms with van der Waals surface area (Å²) in [7, 11) is 0. The number of morpholine rings is 1. The minimum Gasteiger partial charge on any atom is -0.379 e. The van der Waals surface area contributed by atoms with Crippen molar-refractivity contribution in [1.82, 2.24) is 9.88 Å². The van der Waals surface area contributed by atoms with E-state index in [-0.39, 0.29) is 18.3 Å². The van der Waals surface area contributed by atoms with Gasteiger partial charge in [-0.25, -0.2) is 4.98 Å². The fourth-order valence-electron chi connectivity index (χ4n) is 3.61. The molecule has 6 nitrogen and oxygen atoms in total. The second kappa shape index (κ2) is 11.1. The Morgan fingerprint density at radius 3 is 2.62 bits per heavy atom. The molecule has 1 saturated heterocycles. The molecule has 0 unspecified atom stereocenters. The minimum atomic E-state index is -0.126. The number of benzene rings is 2. The van der Waals surface area contributed by atoms with E-state index >= 15 is 0 Å². The van der Waals surface area contributed by atoms with Crippen LogP contribution in [0.5, 0.6) is 0 Å². The van der Waals surface area contributed by atoms with Gasteiger partial charge in [-0.1, -0.05) is 29.0 Å². The number of carbonyl (C=O) groups is 1. The maximum absolute atomic E-state index is 13.4. The molecule has 1 aliphatic heterocycles. The number of nitrogens with zero attached hydrogens (tertiary/aromatic N) is 4. The summed E-state index contributed by atoms with van der Waals surface area (Å²) in [6.45, 7) is 6.78. The average molecular weight is 491 g/mol. The molecule has 1 fully saturated rings. The van der Waals surface area contributed by atoms with Crippen molar-refractivity contribution in [2.75, 3.05) is 44.3 Å². The largest absolute Gasteiger partial charge is 0.379 e. The lowest BCUT2D eigenvalue weighted by atomic mass is 10.1. The molecule has 2 heterocycles. The Morgan fingerprint density at radius 1 is 1.25 bits per heavy atom. The van der Waals surface area contributed by atoms with Crippen LogP contribution in [0.4, 0.5) is 5.13 Å². The van der Waals surface area contributed by atoms with E-state index in [1.807, 2.05) is 19.1 Å². The SMILES string of the molecule is Cc1ccc(Cl)c2sc(N(CCCN3CCOCC3)C(=O)c3ccc(C#N)cc3)nc12.Cl. The summed E-state index contributed by atoms with van der Waals surface area (Å²) in [5.74, 6) is -0.126. The van der Waals surface area contributed by atoms with E-state index in [9.17, 15) is 4.79 Å². The zero-order valence-electron chi connectivity index (χ0n) is 17.7. The normalized spacial score (nSPS) is 14.0. The highest BCUT2D eigenvalue weighted by atomic mass is 35.5. The van der Waals surface area contributed by atoms with Crippen molar-refractivity contribution in [2.45, 2.75) is 13.3 Å². The van der Waals surface area contributed by atoms with E-state index in [1.165, 1.54) is 11.3 Å². The lowest BCUT2D eigenvalue weighted by Crippen LogP contribution is -2.39. The Kier molecular flexibility index (Phi) is 8.46. The fourth-order valence-corrected chi connectivity index (χ4v) is 4.95. The van der Waals surface area contributed by atoms with Crippen LogP contribution < -0.4 is 4.90 Å². The van der Waals surface area contributed by atoms with Crippen molar-refractivity contribution in [2.24, 2.45) is 0 Å². The predicted octanol–water partition coefficient (Wildman–Crippen LogP) is 4.92. The van der Waals surface area contributed by atoms with Crippen LogP contribution in [0, 0.1) is 18.3 Å². The van der Waals surface area contributed by atoms with Crippen molar-refractivity contribution in [3.8, 4) is 6.07 Å². The molecule has 0 bridgehead atoms. The van der Waals surface area contributed by atoms with Crippen molar-refractivity contribution in [3.05, 3.63) is 58.1 Å². The number of fused-ring (bicyclic) bond motifs is 1. The van der Waals surface area contributed by atoms with Crippen LogP contribution in [-0.2, 0) is 4.74 Å². The number of amides is 1. The van der Waals surface area contributed by atoms with Gasteiger partial charge in [-0.3, -0.25) is 14.6 Å². The number of halogens is 2. The van der Waals surface area contributed by atoms with Crippen LogP contribution in [-0.4, -0.2) is 55.2 Å². The molecule has 32 heavy (non-hydrogen) atoms. The average Bonchev–Trinajstić information content (AvgIpc) is 3.26. The van der Waals surface area contributed by atoms with Gasteiger partial charge in [0.15, 0.2) is 5.13 Å². The zero-order valence-corrected chi connectivity index (χ0v) is 20.1. The van der Waals surface area contributed by atoms with Gasteiger partial charge in [0, 0.05) is 31.7 Å². The quantitative estimate of drug-likeness (QED) is 0.490. The van der Waals surface area contributed by atoms with Gasteiger partial charge in [0.25, 0.3) is 5.91 Å². The first-order valence-corrected chi connectivity index (χ1v) is 11.4. The summed E-state index contributed by atoms with van der Waals surface area (Å²) >= 11 is 7.84. The number of nitriles is 1. The summed E-state index contributed by atoms with van der Waals surface area (Å²) in [6.07, 6.45) is 0.824. The third kappa shape index (κ3) is 5.40. The maximum Gasteiger partial charge on any atom is 0.260 e. The number of aromatic nitrogens is 1. The van der Waals surface area contributed by atoms with Crippen LogP contribution in [0.1, 0.15) is 27.9 Å². The topological polar surface area (TPSA) is 69.5 Å². The van der Waals surface area contributed by atoms with E-state index in [0.717, 1.165) is 55.0 Å². The molecule has 0 atom stereocenters. The predicted molar refractivity (Wildman–Crippen MR) is 131 cm³/mol. The first-order valence-electron chi connectivity index (χ1n) is 10.2. The Morgan fingerprint density at radius 2 is 1.97 bits per heavy atom. The molecule has 0 radical (unpaired) electrons. The van der Waals surface area contributed by atoms with Crippen molar-refractivity contribution < 1.29 is 9.53 Å². The number of ether oxygens (including phenoxy) is 1. The van der Waals surface area contributed by atoms with Gasteiger partial charge in [-0.2, -0.15) is 5.26 Å². The molecule has 168 valence electrons. The molecular formula is C23H24Cl2N4O2S. The summed E-state index contributed by atoms with van der Waals surface area (Å²) < 4.78 is 6.31. The number of anilines is 1. The number of carbonyl (C=O) groups excluding carboxylic acids is 1. The molecule has 0 aliphatic carbocycles. The molecule has 0 spiro atoms. The molecular weight excluding hydrogens is 467 g/mol. The van der Waals surface area contributed by atoms with Crippen LogP contribution in [0.25, 0.3) is 10.2 Å². The van der Waals surface area contributed by atoms with Crippen molar-refractivity contribution in [1.29, 1.82) is 5.26 Å². The minimum absolute atomic E-state index is 0. The van der Waals surface area contributed by atoms with Gasteiger partial charge >= 0.3 is 0 Å². The Bertz CT molecular complexity index is 1080. The van der Waals surface area contributed by atoms with Gasteiger partial charge in [-0.15, -0.1) is 12.4 Å². The summed E-state index contributed by atoms with van der Waals surface area (Å²) in [5, 5.41) is 10.3. The molecule has 4 rings (SSSR count). The van der Waals surface area contributed by atoms with Crippen molar-refractivity contribution >= 4 is 56.6 Å². The molecule has 1 aromatic heterocycles. The van der Waals surface area contributed by atoms with E-state index < -0.39 is 0 Å². The van der Waals surface area contributed by atoms with Gasteiger partial charge < -0.3 is 4.74 Å². The number of aryl methyl sites for hydroxylation is 1. The first kappa shape index (κ1) is 24.4. The van der Waals surface area contributed by atoms with Gasteiger partial charge in [-0.05, 0) is 49.2 Å². The highest BCUT2D eigenvalue weighted by Gasteiger charge is 2.23. The number of hydrogen-bond acceptors (Lipinski definition) is 6. The highest BCUT2D eigenvalue weighted by Crippen LogP contribution is 2.36. The fraction of sp³-hybridized carbons (Fsp3) is 0.348. The van der Waals surface area contributed by atoms with Crippen LogP contribution in [0.15, 0.2) is 36.4 Å². The Balaban J connectivity index is 0.00000289. The number of hydrogen-bond donors (Lipinski definition) is 0. The van der Waals surface area contributed by atoms with Crippen LogP contribution >= 0.6 is 35.3 Å². The molecule has 0 saturated carbocycles. The maximum atomic E-state index is 13.4. The summed E-state index contributed by atoms with van der Waals surface area (Å²) in [6, 6.07) is 12.6. The van der Waals surface area contributed by atoms with E-state index in [1.54, 1.807) is 29.2 Å². The third-order valence-corrected chi connectivity index (χ3v) is 6.92. The molecule has 2 aromatic carbocycles. The first-order chi connectivity index (χ1) is 15.1. The highest BCUT2D eigenvalue weighted by molar-refractivity contribution is 7.23. The Hall–Kier alpha value is -2.21. The smallest absolute Gasteiger partial charge is 0.260 e. The van der Waals surface area contributed by atoms with Gasteiger partial charge in [0.05, 0.1) is 40.1 Å². The number of rotatable bonds is 6. The molecule has 9 heteroatoms. The number of thiazole rings is 1. The van der Waals surface area contributed by atoms with Crippen molar-refractivity contribution in [3.63, 3.8) is 0 Å². The van der Waals surface area contributed by atoms with Gasteiger partial charge in [0.1, 0.15) is 0 Å². The lowest BCUT2D eigenvalue weighted by Gasteiger charge is -2.27. The van der Waals surface area contributed by atoms with E-state index in [4.69, 9.17) is 26.6 Å². The lowest BCUT2D eigenvalue weighted by molar-refractivity contribution is 0.0376. The molecule has 1 amide bonds. The van der Waals surface area contributed by atoms with Gasteiger partial charge in [0.2, 0.25) is 0 Å². The summed E-state index contributed by atoms with van der Waals surface area (Å²) in [5.41, 5.74) is 2.92. The van der Waals surface area contributed by atoms with E-state index in [2.05, 4.69) is 11.0 Å². The second-order valence-electron chi connectivity index (χ2n) is 7.49. The molecule has 0 N–H and O–H groups in total. The Labute approximate surface area is 202 Å². The third-order valence-electron chi connectivity index (χ3n) is 5.38. The van der Waals surface area contributed by atoms with E-state index in [0.29, 0.717) is 27.8 Å². The second-order valence-corrected chi connectivity index (χ2v) is 8.88. The van der Waals surface area contributed by atoms with Crippen LogP contribution in [0.3, 0.4) is 0 Å². The molecule has 1 aliphatic rings. The monoisotopic (exact) mass is 490 g/mol.